The van der Waals surface area contributed by atoms with Gasteiger partial charge in [-0.1, -0.05) is 6.42 Å². The van der Waals surface area contributed by atoms with Crippen LogP contribution < -0.4 is 4.90 Å². The van der Waals surface area contributed by atoms with E-state index < -0.39 is 0 Å². The van der Waals surface area contributed by atoms with E-state index in [2.05, 4.69) is 19.8 Å². The van der Waals surface area contributed by atoms with Crippen molar-refractivity contribution in [3.8, 4) is 0 Å². The van der Waals surface area contributed by atoms with Crippen molar-refractivity contribution in [1.82, 2.24) is 14.9 Å². The van der Waals surface area contributed by atoms with Gasteiger partial charge in [0, 0.05) is 45.0 Å². The standard InChI is InChI=1S/C17H24N4O/c22-17(11-15-10-13-1-2-14(15)9-13)21-7-5-20(6-8-21)16-12-18-3-4-19-16/h3-4,12-15H,1-2,5-11H2/t13-,14-,15+/m0/s1. The van der Waals surface area contributed by atoms with Gasteiger partial charge in [-0.2, -0.15) is 0 Å². The minimum absolute atomic E-state index is 0.372. The maximum atomic E-state index is 12.6. The lowest BCUT2D eigenvalue weighted by molar-refractivity contribution is -0.132. The molecule has 2 aliphatic carbocycles. The van der Waals surface area contributed by atoms with Gasteiger partial charge in [-0.15, -0.1) is 0 Å². The van der Waals surface area contributed by atoms with E-state index in [-0.39, 0.29) is 0 Å². The fraction of sp³-hybridized carbons (Fsp3) is 0.706. The molecule has 1 saturated heterocycles. The number of hydrogen-bond acceptors (Lipinski definition) is 4. The van der Waals surface area contributed by atoms with Crippen LogP contribution in [0.3, 0.4) is 0 Å². The number of carbonyl (C=O) groups excluding carboxylic acids is 1. The molecule has 4 rings (SSSR count). The van der Waals surface area contributed by atoms with Gasteiger partial charge >= 0.3 is 0 Å². The summed E-state index contributed by atoms with van der Waals surface area (Å²) in [5, 5.41) is 0. The topological polar surface area (TPSA) is 49.3 Å². The van der Waals surface area contributed by atoms with Crippen molar-refractivity contribution in [1.29, 1.82) is 0 Å². The predicted octanol–water partition coefficient (Wildman–Crippen LogP) is 1.95. The molecule has 0 aromatic carbocycles. The van der Waals surface area contributed by atoms with E-state index in [0.29, 0.717) is 11.8 Å². The first-order valence-corrected chi connectivity index (χ1v) is 8.58. The van der Waals surface area contributed by atoms with Gasteiger partial charge in [0.1, 0.15) is 5.82 Å². The Morgan fingerprint density at radius 3 is 2.64 bits per heavy atom. The second kappa shape index (κ2) is 5.86. The molecule has 1 aromatic rings. The van der Waals surface area contributed by atoms with Crippen molar-refractivity contribution in [3.05, 3.63) is 18.6 Å². The summed E-state index contributed by atoms with van der Waals surface area (Å²) >= 11 is 0. The van der Waals surface area contributed by atoms with E-state index in [9.17, 15) is 4.79 Å². The minimum atomic E-state index is 0.372. The summed E-state index contributed by atoms with van der Waals surface area (Å²) in [6.45, 7) is 3.36. The SMILES string of the molecule is O=C(C[C@H]1C[C@H]2CC[C@H]1C2)N1CCN(c2cnccn2)CC1. The van der Waals surface area contributed by atoms with Crippen molar-refractivity contribution in [3.63, 3.8) is 0 Å². The van der Waals surface area contributed by atoms with E-state index in [1.807, 2.05) is 0 Å². The van der Waals surface area contributed by atoms with Crippen LogP contribution in [0.2, 0.25) is 0 Å². The van der Waals surface area contributed by atoms with Crippen LogP contribution in [-0.2, 0) is 4.79 Å². The molecule has 5 heteroatoms. The number of carbonyl (C=O) groups is 1. The van der Waals surface area contributed by atoms with Crippen molar-refractivity contribution in [2.75, 3.05) is 31.1 Å². The van der Waals surface area contributed by atoms with Crippen LogP contribution in [0, 0.1) is 17.8 Å². The third kappa shape index (κ3) is 2.69. The first-order chi connectivity index (χ1) is 10.8. The lowest BCUT2D eigenvalue weighted by Crippen LogP contribution is -2.49. The Balaban J connectivity index is 1.29. The Labute approximate surface area is 131 Å². The molecule has 1 aliphatic heterocycles. The van der Waals surface area contributed by atoms with Crippen LogP contribution in [0.25, 0.3) is 0 Å². The Morgan fingerprint density at radius 2 is 2.00 bits per heavy atom. The molecule has 2 saturated carbocycles. The predicted molar refractivity (Wildman–Crippen MR) is 84.4 cm³/mol. The van der Waals surface area contributed by atoms with E-state index >= 15 is 0 Å². The largest absolute Gasteiger partial charge is 0.352 e. The summed E-state index contributed by atoms with van der Waals surface area (Å²) in [5.74, 6) is 3.73. The zero-order valence-corrected chi connectivity index (χ0v) is 13.0. The van der Waals surface area contributed by atoms with Gasteiger partial charge in [-0.25, -0.2) is 4.98 Å². The second-order valence-corrected chi connectivity index (χ2v) is 7.07. The van der Waals surface area contributed by atoms with Crippen LogP contribution >= 0.6 is 0 Å². The van der Waals surface area contributed by atoms with Gasteiger partial charge in [0.2, 0.25) is 5.91 Å². The number of hydrogen-bond donors (Lipinski definition) is 0. The molecule has 3 aliphatic rings. The summed E-state index contributed by atoms with van der Waals surface area (Å²) < 4.78 is 0. The normalized spacial score (nSPS) is 30.8. The Kier molecular flexibility index (Phi) is 3.72. The van der Waals surface area contributed by atoms with E-state index in [1.54, 1.807) is 18.6 Å². The molecule has 2 bridgehead atoms. The first kappa shape index (κ1) is 14.0. The summed E-state index contributed by atoms with van der Waals surface area (Å²) in [6, 6.07) is 0. The number of fused-ring (bicyclic) bond motifs is 2. The van der Waals surface area contributed by atoms with Crippen molar-refractivity contribution in [2.24, 2.45) is 17.8 Å². The highest BCUT2D eigenvalue weighted by atomic mass is 16.2. The molecule has 1 amide bonds. The average molecular weight is 300 g/mol. The van der Waals surface area contributed by atoms with Crippen LogP contribution in [0.15, 0.2) is 18.6 Å². The third-order valence-corrected chi connectivity index (χ3v) is 5.83. The average Bonchev–Trinajstić information content (AvgIpc) is 3.19. The van der Waals surface area contributed by atoms with E-state index in [4.69, 9.17) is 0 Å². The van der Waals surface area contributed by atoms with E-state index in [1.165, 1.54) is 25.7 Å². The van der Waals surface area contributed by atoms with Crippen LogP contribution in [0.1, 0.15) is 32.1 Å². The molecule has 0 unspecified atom stereocenters. The Bertz CT molecular complexity index is 527. The number of rotatable bonds is 3. The van der Waals surface area contributed by atoms with Gasteiger partial charge in [-0.05, 0) is 37.0 Å². The molecule has 118 valence electrons. The molecule has 2 heterocycles. The van der Waals surface area contributed by atoms with Gasteiger partial charge in [-0.3, -0.25) is 9.78 Å². The van der Waals surface area contributed by atoms with Crippen LogP contribution in [0.4, 0.5) is 5.82 Å². The maximum Gasteiger partial charge on any atom is 0.222 e. The van der Waals surface area contributed by atoms with Crippen molar-refractivity contribution in [2.45, 2.75) is 32.1 Å². The summed E-state index contributed by atoms with van der Waals surface area (Å²) in [7, 11) is 0. The smallest absolute Gasteiger partial charge is 0.222 e. The molecular formula is C17H24N4O. The van der Waals surface area contributed by atoms with Crippen molar-refractivity contribution < 1.29 is 4.79 Å². The number of anilines is 1. The van der Waals surface area contributed by atoms with E-state index in [0.717, 1.165) is 50.3 Å². The third-order valence-electron chi connectivity index (χ3n) is 5.83. The Hall–Kier alpha value is -1.65. The monoisotopic (exact) mass is 300 g/mol. The van der Waals surface area contributed by atoms with Gasteiger partial charge in [0.25, 0.3) is 0 Å². The highest BCUT2D eigenvalue weighted by Crippen LogP contribution is 2.49. The second-order valence-electron chi connectivity index (χ2n) is 7.07. The highest BCUT2D eigenvalue weighted by Gasteiger charge is 2.40. The van der Waals surface area contributed by atoms with Gasteiger partial charge < -0.3 is 9.80 Å². The van der Waals surface area contributed by atoms with Crippen LogP contribution in [0.5, 0.6) is 0 Å². The van der Waals surface area contributed by atoms with Crippen molar-refractivity contribution >= 4 is 11.7 Å². The molecular weight excluding hydrogens is 276 g/mol. The lowest BCUT2D eigenvalue weighted by atomic mass is 9.86. The molecule has 0 N–H and O–H groups in total. The number of piperazine rings is 1. The number of amides is 1. The molecule has 0 radical (unpaired) electrons. The Morgan fingerprint density at radius 1 is 1.14 bits per heavy atom. The number of aromatic nitrogens is 2. The summed E-state index contributed by atoms with van der Waals surface area (Å²) in [4.78, 5) is 25.3. The van der Waals surface area contributed by atoms with Gasteiger partial charge in [0.05, 0.1) is 6.20 Å². The fourth-order valence-corrected chi connectivity index (χ4v) is 4.62. The molecule has 3 atom stereocenters. The van der Waals surface area contributed by atoms with Crippen LogP contribution in [-0.4, -0.2) is 47.0 Å². The first-order valence-electron chi connectivity index (χ1n) is 8.58. The molecule has 3 fully saturated rings. The number of nitrogens with zero attached hydrogens (tertiary/aromatic N) is 4. The quantitative estimate of drug-likeness (QED) is 0.856. The highest BCUT2D eigenvalue weighted by molar-refractivity contribution is 5.76. The lowest BCUT2D eigenvalue weighted by Gasteiger charge is -2.36. The molecule has 0 spiro atoms. The zero-order chi connectivity index (χ0) is 14.9. The minimum Gasteiger partial charge on any atom is -0.352 e. The van der Waals surface area contributed by atoms with Gasteiger partial charge in [0.15, 0.2) is 0 Å². The summed E-state index contributed by atoms with van der Waals surface area (Å²) in [6.07, 6.45) is 11.5. The molecule has 5 nitrogen and oxygen atoms in total. The zero-order valence-electron chi connectivity index (χ0n) is 13.0. The maximum absolute atomic E-state index is 12.6. The molecule has 1 aromatic heterocycles. The fourth-order valence-electron chi connectivity index (χ4n) is 4.62. The summed E-state index contributed by atoms with van der Waals surface area (Å²) in [5.41, 5.74) is 0. The molecule has 22 heavy (non-hydrogen) atoms.